The number of carbonyl (C=O) groups is 3. The summed E-state index contributed by atoms with van der Waals surface area (Å²) >= 11 is 8.57. The van der Waals surface area contributed by atoms with Gasteiger partial charge in [0.2, 0.25) is 0 Å². The van der Waals surface area contributed by atoms with Crippen molar-refractivity contribution in [1.82, 2.24) is 5.32 Å². The van der Waals surface area contributed by atoms with Crippen molar-refractivity contribution >= 4 is 68.4 Å². The smallest absolute Gasteiger partial charge is 0.270 e. The number of amides is 3. The molecule has 38 heavy (non-hydrogen) atoms. The van der Waals surface area contributed by atoms with Crippen LogP contribution in [0.5, 0.6) is 11.5 Å². The first-order valence-corrected chi connectivity index (χ1v) is 12.4. The van der Waals surface area contributed by atoms with Gasteiger partial charge in [-0.2, -0.15) is 0 Å². The monoisotopic (exact) mass is 597 g/mol. The lowest BCUT2D eigenvalue weighted by Crippen LogP contribution is -2.54. The van der Waals surface area contributed by atoms with E-state index in [1.165, 1.54) is 37.5 Å². The summed E-state index contributed by atoms with van der Waals surface area (Å²) in [5, 5.41) is 5.11. The molecule has 194 valence electrons. The minimum Gasteiger partial charge on any atom is -0.493 e. The van der Waals surface area contributed by atoms with Crippen LogP contribution in [0.1, 0.15) is 11.1 Å². The number of aryl methyl sites for hydroxylation is 1. The van der Waals surface area contributed by atoms with Gasteiger partial charge >= 0.3 is 0 Å². The summed E-state index contributed by atoms with van der Waals surface area (Å²) in [6, 6.07) is 15.7. The number of methoxy groups -OCH3 is 1. The number of hydrogen-bond acceptors (Lipinski definition) is 6. The second-order valence-corrected chi connectivity index (χ2v) is 9.41. The topological polar surface area (TPSA) is 97.0 Å². The van der Waals surface area contributed by atoms with Crippen molar-refractivity contribution < 1.29 is 28.2 Å². The summed E-state index contributed by atoms with van der Waals surface area (Å²) < 4.78 is 24.9. The molecule has 1 saturated heterocycles. The molecule has 0 bridgehead atoms. The molecule has 3 aromatic rings. The zero-order valence-corrected chi connectivity index (χ0v) is 22.6. The van der Waals surface area contributed by atoms with Crippen LogP contribution >= 0.6 is 28.1 Å². The zero-order chi connectivity index (χ0) is 27.4. The molecule has 2 N–H and O–H groups in total. The van der Waals surface area contributed by atoms with E-state index in [2.05, 4.69) is 26.6 Å². The first-order chi connectivity index (χ1) is 18.2. The number of thiocarbonyl (C=S) groups is 1. The Kier molecular flexibility index (Phi) is 8.18. The van der Waals surface area contributed by atoms with Crippen molar-refractivity contribution in [3.63, 3.8) is 0 Å². The standard InChI is InChI=1S/C27H21BrFN3O5S/c1-15-3-7-18(8-4-15)30-23(33)14-37-24-21(28)12-16(13-22(24)36-2)11-20-25(34)31-27(38)32(26(20)35)19-9-5-17(29)6-10-19/h3-13H,14H2,1-2H3,(H,30,33)(H,31,34,38)/b20-11-. The average molecular weight is 598 g/mol. The van der Waals surface area contributed by atoms with Crippen LogP contribution in [0.4, 0.5) is 15.8 Å². The lowest BCUT2D eigenvalue weighted by molar-refractivity contribution is -0.122. The van der Waals surface area contributed by atoms with Crippen molar-refractivity contribution in [3.05, 3.63) is 87.7 Å². The molecule has 0 spiro atoms. The lowest BCUT2D eigenvalue weighted by Gasteiger charge is -2.29. The second kappa shape index (κ2) is 11.5. The molecule has 3 amide bonds. The number of benzene rings is 3. The predicted octanol–water partition coefficient (Wildman–Crippen LogP) is 4.75. The lowest BCUT2D eigenvalue weighted by atomic mass is 10.1. The van der Waals surface area contributed by atoms with Crippen molar-refractivity contribution in [1.29, 1.82) is 0 Å². The van der Waals surface area contributed by atoms with E-state index in [1.807, 2.05) is 19.1 Å². The first-order valence-electron chi connectivity index (χ1n) is 11.2. The number of rotatable bonds is 7. The van der Waals surface area contributed by atoms with Crippen LogP contribution in [0.2, 0.25) is 0 Å². The highest BCUT2D eigenvalue weighted by Gasteiger charge is 2.34. The molecule has 8 nitrogen and oxygen atoms in total. The Morgan fingerprint density at radius 3 is 2.47 bits per heavy atom. The highest BCUT2D eigenvalue weighted by atomic mass is 79.9. The van der Waals surface area contributed by atoms with Gasteiger partial charge in [-0.25, -0.2) is 4.39 Å². The van der Waals surface area contributed by atoms with E-state index < -0.39 is 17.6 Å². The van der Waals surface area contributed by atoms with E-state index in [0.717, 1.165) is 10.5 Å². The quantitative estimate of drug-likeness (QED) is 0.232. The van der Waals surface area contributed by atoms with Gasteiger partial charge in [-0.1, -0.05) is 17.7 Å². The van der Waals surface area contributed by atoms with Crippen LogP contribution < -0.4 is 25.0 Å². The number of ether oxygens (including phenoxy) is 2. The fraction of sp³-hybridized carbons (Fsp3) is 0.111. The van der Waals surface area contributed by atoms with Crippen molar-refractivity contribution in [2.75, 3.05) is 23.9 Å². The molecule has 0 radical (unpaired) electrons. The molecule has 1 aliphatic heterocycles. The Balaban J connectivity index is 1.55. The maximum atomic E-state index is 13.4. The second-order valence-electron chi connectivity index (χ2n) is 8.17. The Bertz CT molecular complexity index is 1460. The van der Waals surface area contributed by atoms with Crippen LogP contribution in [0.25, 0.3) is 6.08 Å². The summed E-state index contributed by atoms with van der Waals surface area (Å²) in [5.41, 5.74) is 2.26. The van der Waals surface area contributed by atoms with Gasteiger partial charge in [0, 0.05) is 5.69 Å². The zero-order valence-electron chi connectivity index (χ0n) is 20.2. The molecule has 0 atom stereocenters. The molecule has 4 rings (SSSR count). The van der Waals surface area contributed by atoms with E-state index in [9.17, 15) is 18.8 Å². The van der Waals surface area contributed by atoms with Crippen LogP contribution in [-0.4, -0.2) is 36.6 Å². The molecule has 0 saturated carbocycles. The van der Waals surface area contributed by atoms with Crippen LogP contribution in [0, 0.1) is 12.7 Å². The van der Waals surface area contributed by atoms with E-state index in [-0.39, 0.29) is 34.7 Å². The van der Waals surface area contributed by atoms with Crippen molar-refractivity contribution in [2.45, 2.75) is 6.92 Å². The summed E-state index contributed by atoms with van der Waals surface area (Å²) in [7, 11) is 1.42. The number of anilines is 2. The third kappa shape index (κ3) is 6.06. The van der Waals surface area contributed by atoms with Crippen molar-refractivity contribution in [2.24, 2.45) is 0 Å². The number of nitrogens with one attached hydrogen (secondary N) is 2. The number of hydrogen-bond donors (Lipinski definition) is 2. The molecule has 0 unspecified atom stereocenters. The van der Waals surface area contributed by atoms with E-state index in [0.29, 0.717) is 21.4 Å². The Morgan fingerprint density at radius 2 is 1.82 bits per heavy atom. The SMILES string of the molecule is COc1cc(/C=C2/C(=O)NC(=S)N(c3ccc(F)cc3)C2=O)cc(Br)c1OCC(=O)Nc1ccc(C)cc1. The van der Waals surface area contributed by atoms with Gasteiger partial charge in [0.15, 0.2) is 23.2 Å². The van der Waals surface area contributed by atoms with E-state index >= 15 is 0 Å². The Labute approximate surface area is 231 Å². The maximum absolute atomic E-state index is 13.4. The molecule has 11 heteroatoms. The van der Waals surface area contributed by atoms with Gasteiger partial charge in [-0.3, -0.25) is 24.6 Å². The molecule has 1 heterocycles. The van der Waals surface area contributed by atoms with Crippen LogP contribution in [-0.2, 0) is 14.4 Å². The van der Waals surface area contributed by atoms with E-state index in [1.54, 1.807) is 24.3 Å². The van der Waals surface area contributed by atoms with E-state index in [4.69, 9.17) is 21.7 Å². The molecule has 1 fully saturated rings. The highest BCUT2D eigenvalue weighted by molar-refractivity contribution is 9.10. The van der Waals surface area contributed by atoms with Gasteiger partial charge in [-0.15, -0.1) is 0 Å². The van der Waals surface area contributed by atoms with Gasteiger partial charge in [0.25, 0.3) is 17.7 Å². The van der Waals surface area contributed by atoms with Crippen LogP contribution in [0.15, 0.2) is 70.7 Å². The fourth-order valence-corrected chi connectivity index (χ4v) is 4.44. The summed E-state index contributed by atoms with van der Waals surface area (Å²) in [4.78, 5) is 39.3. The first kappa shape index (κ1) is 27.0. The normalized spacial score (nSPS) is 14.4. The minimum absolute atomic E-state index is 0.116. The summed E-state index contributed by atoms with van der Waals surface area (Å²) in [5.74, 6) is -1.66. The number of halogens is 2. The number of nitrogens with zero attached hydrogens (tertiary/aromatic N) is 1. The number of carbonyl (C=O) groups excluding carboxylic acids is 3. The Morgan fingerprint density at radius 1 is 1.13 bits per heavy atom. The summed E-state index contributed by atoms with van der Waals surface area (Å²) in [6.07, 6.45) is 1.37. The Hall–Kier alpha value is -4.09. The van der Waals surface area contributed by atoms with Gasteiger partial charge < -0.3 is 14.8 Å². The molecular weight excluding hydrogens is 577 g/mol. The third-order valence-corrected chi connectivity index (χ3v) is 6.31. The highest BCUT2D eigenvalue weighted by Crippen LogP contribution is 2.37. The minimum atomic E-state index is -0.679. The average Bonchev–Trinajstić information content (AvgIpc) is 2.88. The molecular formula is C27H21BrFN3O5S. The molecule has 3 aromatic carbocycles. The predicted molar refractivity (Wildman–Crippen MR) is 149 cm³/mol. The van der Waals surface area contributed by atoms with Gasteiger partial charge in [-0.05, 0) is 95.2 Å². The van der Waals surface area contributed by atoms with Gasteiger partial charge in [0.1, 0.15) is 11.4 Å². The largest absolute Gasteiger partial charge is 0.493 e. The van der Waals surface area contributed by atoms with Crippen molar-refractivity contribution in [3.8, 4) is 11.5 Å². The summed E-state index contributed by atoms with van der Waals surface area (Å²) in [6.45, 7) is 1.67. The fourth-order valence-electron chi connectivity index (χ4n) is 3.58. The molecule has 0 aromatic heterocycles. The molecule has 0 aliphatic carbocycles. The maximum Gasteiger partial charge on any atom is 0.270 e. The van der Waals surface area contributed by atoms with Gasteiger partial charge in [0.05, 0.1) is 17.3 Å². The molecule has 1 aliphatic rings. The third-order valence-electron chi connectivity index (χ3n) is 5.43. The van der Waals surface area contributed by atoms with Crippen LogP contribution in [0.3, 0.4) is 0 Å².